The van der Waals surface area contributed by atoms with E-state index in [0.29, 0.717) is 24.2 Å². The van der Waals surface area contributed by atoms with Gasteiger partial charge in [-0.25, -0.2) is 8.78 Å². The van der Waals surface area contributed by atoms with Crippen LogP contribution in [0, 0.1) is 0 Å². The molecule has 0 aromatic rings. The van der Waals surface area contributed by atoms with Crippen LogP contribution >= 0.6 is 0 Å². The Morgan fingerprint density at radius 1 is 0.750 bits per heavy atom. The molecule has 0 amide bonds. The summed E-state index contributed by atoms with van der Waals surface area (Å²) in [4.78, 5) is 0. The third-order valence-electron chi connectivity index (χ3n) is 3.87. The first-order valence-corrected chi connectivity index (χ1v) is 12.7. The zero-order valence-electron chi connectivity index (χ0n) is 15.1. The highest BCUT2D eigenvalue weighted by atomic mass is 28.5. The van der Waals surface area contributed by atoms with Crippen LogP contribution in [0.25, 0.3) is 0 Å². The van der Waals surface area contributed by atoms with Crippen molar-refractivity contribution >= 4 is 17.1 Å². The third-order valence-corrected chi connectivity index (χ3v) is 12.6. The maximum absolute atomic E-state index is 13.2. The second-order valence-electron chi connectivity index (χ2n) is 5.91. The summed E-state index contributed by atoms with van der Waals surface area (Å²) in [5, 5.41) is 0. The largest absolute Gasteiger partial charge is 0.414 e. The molecule has 0 fully saturated rings. The summed E-state index contributed by atoms with van der Waals surface area (Å²) in [5.41, 5.74) is 0. The molecule has 0 radical (unpaired) electrons. The first kappa shape index (κ1) is 24.0. The zero-order chi connectivity index (χ0) is 19.1. The molecule has 0 unspecified atom stereocenters. The van der Waals surface area contributed by atoms with Gasteiger partial charge in [0, 0.05) is 13.5 Å². The molecule has 0 atom stereocenters. The second-order valence-corrected chi connectivity index (χ2v) is 13.8. The van der Waals surface area contributed by atoms with E-state index < -0.39 is 48.9 Å². The van der Waals surface area contributed by atoms with E-state index in [-0.39, 0.29) is 0 Å². The van der Waals surface area contributed by atoms with Gasteiger partial charge in [-0.3, -0.25) is 0 Å². The van der Waals surface area contributed by atoms with E-state index in [1.165, 1.54) is 0 Å². The summed E-state index contributed by atoms with van der Waals surface area (Å²) in [7, 11) is -5.88. The molecule has 0 aliphatic heterocycles. The Hall–Kier alpha value is -0.0362. The van der Waals surface area contributed by atoms with Crippen LogP contribution < -0.4 is 0 Å². The van der Waals surface area contributed by atoms with Gasteiger partial charge >= 0.3 is 23.3 Å². The van der Waals surface area contributed by atoms with Gasteiger partial charge in [0.15, 0.2) is 0 Å². The highest BCUT2D eigenvalue weighted by Gasteiger charge is 2.47. The minimum Gasteiger partial charge on any atom is -0.414 e. The molecule has 0 spiro atoms. The molecule has 0 aliphatic rings. The van der Waals surface area contributed by atoms with Gasteiger partial charge in [0.05, 0.1) is 13.0 Å². The van der Waals surface area contributed by atoms with Gasteiger partial charge in [-0.05, 0) is 24.2 Å². The van der Waals surface area contributed by atoms with Crippen molar-refractivity contribution in [1.29, 1.82) is 0 Å². The van der Waals surface area contributed by atoms with Crippen LogP contribution in [0.15, 0.2) is 0 Å². The van der Waals surface area contributed by atoms with Crippen molar-refractivity contribution in [3.05, 3.63) is 0 Å². The van der Waals surface area contributed by atoms with Gasteiger partial charge in [0.1, 0.15) is 0 Å². The molecule has 0 aliphatic carbocycles. The van der Waals surface area contributed by atoms with E-state index in [2.05, 4.69) is 0 Å². The molecule has 3 nitrogen and oxygen atoms in total. The standard InChI is InChI=1S/C14H29F5O3Si2/c1-6-23(7-2,20-11-10-14(17,18)19)22-24(8-3,9-4)21-12-13(5,15)16/h6-12H2,1-5H3. The molecule has 0 aromatic heterocycles. The minimum absolute atomic E-state index is 0.441. The molecule has 146 valence electrons. The van der Waals surface area contributed by atoms with Crippen LogP contribution in [0.1, 0.15) is 41.0 Å². The first-order chi connectivity index (χ1) is 10.9. The Morgan fingerprint density at radius 2 is 1.17 bits per heavy atom. The van der Waals surface area contributed by atoms with Crippen molar-refractivity contribution in [2.45, 2.75) is 77.3 Å². The topological polar surface area (TPSA) is 27.7 Å². The Kier molecular flexibility index (Phi) is 9.59. The fourth-order valence-electron chi connectivity index (χ4n) is 2.21. The molecular formula is C14H29F5O3Si2. The highest BCUT2D eigenvalue weighted by molar-refractivity contribution is 6.81. The number of halogens is 5. The smallest absolute Gasteiger partial charge is 0.391 e. The summed E-state index contributed by atoms with van der Waals surface area (Å²) in [5.74, 6) is -2.98. The van der Waals surface area contributed by atoms with Crippen molar-refractivity contribution in [3.8, 4) is 0 Å². The molecule has 0 aromatic carbocycles. The Balaban J connectivity index is 5.11. The Bertz CT molecular complexity index is 353. The molecule has 0 heterocycles. The fourth-order valence-corrected chi connectivity index (χ4v) is 10.5. The molecule has 10 heteroatoms. The average Bonchev–Trinajstić information content (AvgIpc) is 2.48. The zero-order valence-corrected chi connectivity index (χ0v) is 17.1. The number of hydrogen-bond acceptors (Lipinski definition) is 3. The van der Waals surface area contributed by atoms with Crippen LogP contribution in [0.2, 0.25) is 24.2 Å². The monoisotopic (exact) mass is 396 g/mol. The van der Waals surface area contributed by atoms with Crippen LogP contribution in [0.3, 0.4) is 0 Å². The molecule has 0 saturated heterocycles. The summed E-state index contributed by atoms with van der Waals surface area (Å²) >= 11 is 0. The van der Waals surface area contributed by atoms with Crippen LogP contribution in [-0.2, 0) is 13.0 Å². The van der Waals surface area contributed by atoms with Crippen LogP contribution in [0.4, 0.5) is 22.0 Å². The van der Waals surface area contributed by atoms with Crippen molar-refractivity contribution in [2.75, 3.05) is 13.2 Å². The van der Waals surface area contributed by atoms with Gasteiger partial charge < -0.3 is 13.0 Å². The molecule has 0 rings (SSSR count). The lowest BCUT2D eigenvalue weighted by atomic mass is 10.4. The van der Waals surface area contributed by atoms with E-state index in [1.54, 1.807) is 27.7 Å². The highest BCUT2D eigenvalue weighted by Crippen LogP contribution is 2.31. The molecule has 0 bridgehead atoms. The lowest BCUT2D eigenvalue weighted by Gasteiger charge is -2.39. The Morgan fingerprint density at radius 3 is 1.50 bits per heavy atom. The molecule has 0 N–H and O–H groups in total. The lowest BCUT2D eigenvalue weighted by molar-refractivity contribution is -0.140. The molecular weight excluding hydrogens is 367 g/mol. The summed E-state index contributed by atoms with van der Waals surface area (Å²) < 4.78 is 80.6. The number of alkyl halides is 5. The maximum atomic E-state index is 13.2. The SMILES string of the molecule is CC[Si](CC)(OCCC(F)(F)F)O[Si](CC)(CC)OCC(C)(F)F. The number of hydrogen-bond donors (Lipinski definition) is 0. The van der Waals surface area contributed by atoms with E-state index in [4.69, 9.17) is 13.0 Å². The van der Waals surface area contributed by atoms with Crippen molar-refractivity contribution < 1.29 is 34.9 Å². The predicted octanol–water partition coefficient (Wildman–Crippen LogP) is 5.61. The lowest BCUT2D eigenvalue weighted by Crippen LogP contribution is -2.55. The summed E-state index contributed by atoms with van der Waals surface area (Å²) in [6, 6.07) is 1.78. The Labute approximate surface area is 143 Å². The minimum atomic E-state index is -4.30. The maximum Gasteiger partial charge on any atom is 0.391 e. The summed E-state index contributed by atoms with van der Waals surface area (Å²) in [6.07, 6.45) is -5.35. The third kappa shape index (κ3) is 8.88. The van der Waals surface area contributed by atoms with Gasteiger partial charge in [0.2, 0.25) is 0 Å². The van der Waals surface area contributed by atoms with Crippen molar-refractivity contribution in [3.63, 3.8) is 0 Å². The van der Waals surface area contributed by atoms with Gasteiger partial charge in [-0.1, -0.05) is 27.7 Å². The van der Waals surface area contributed by atoms with E-state index >= 15 is 0 Å². The number of rotatable bonds is 12. The normalized spacial score (nSPS) is 14.2. The van der Waals surface area contributed by atoms with E-state index in [0.717, 1.165) is 6.92 Å². The van der Waals surface area contributed by atoms with Crippen LogP contribution in [0.5, 0.6) is 0 Å². The van der Waals surface area contributed by atoms with Gasteiger partial charge in [0.25, 0.3) is 5.92 Å². The van der Waals surface area contributed by atoms with E-state index in [1.807, 2.05) is 0 Å². The molecule has 24 heavy (non-hydrogen) atoms. The molecule has 0 saturated carbocycles. The summed E-state index contributed by atoms with van der Waals surface area (Å²) in [6.45, 7) is 6.72. The van der Waals surface area contributed by atoms with E-state index in [9.17, 15) is 22.0 Å². The quantitative estimate of drug-likeness (QED) is 0.317. The van der Waals surface area contributed by atoms with Gasteiger partial charge in [-0.15, -0.1) is 0 Å². The van der Waals surface area contributed by atoms with Crippen LogP contribution in [-0.4, -0.2) is 42.4 Å². The first-order valence-electron chi connectivity index (χ1n) is 8.29. The van der Waals surface area contributed by atoms with Gasteiger partial charge in [-0.2, -0.15) is 13.2 Å². The van der Waals surface area contributed by atoms with Crippen molar-refractivity contribution in [2.24, 2.45) is 0 Å². The average molecular weight is 397 g/mol. The predicted molar refractivity (Wildman–Crippen MR) is 87.7 cm³/mol. The van der Waals surface area contributed by atoms with Crippen molar-refractivity contribution in [1.82, 2.24) is 0 Å². The fraction of sp³-hybridized carbons (Fsp3) is 1.00. The second kappa shape index (κ2) is 9.60.